The van der Waals surface area contributed by atoms with Crippen LogP contribution < -0.4 is 0 Å². The first-order valence-electron chi connectivity index (χ1n) is 6.68. The van der Waals surface area contributed by atoms with Crippen molar-refractivity contribution >= 4 is 5.91 Å². The molecule has 0 unspecified atom stereocenters. The zero-order valence-corrected chi connectivity index (χ0v) is 10.8. The molecule has 1 saturated heterocycles. The minimum absolute atomic E-state index is 0.0270. The second-order valence-electron chi connectivity index (χ2n) is 5.20. The summed E-state index contributed by atoms with van der Waals surface area (Å²) >= 11 is 0. The number of amides is 1. The Labute approximate surface area is 111 Å². The normalized spacial score (nSPS) is 25.6. The molecule has 19 heavy (non-hydrogen) atoms. The zero-order chi connectivity index (χ0) is 13.9. The Hall–Kier alpha value is -1.04. The summed E-state index contributed by atoms with van der Waals surface area (Å²) < 4.78 is 36.8. The lowest BCUT2D eigenvalue weighted by molar-refractivity contribution is -0.152. The molecule has 3 nitrogen and oxygen atoms in total. The fraction of sp³-hybridized carbons (Fsp3) is 0.769. The SMILES string of the molecule is O=C([C@@H]1CC=CCC1)N1CCN(CC(F)(F)F)CC1. The van der Waals surface area contributed by atoms with Gasteiger partial charge in [-0.15, -0.1) is 0 Å². The molecule has 0 radical (unpaired) electrons. The van der Waals surface area contributed by atoms with E-state index in [-0.39, 0.29) is 11.8 Å². The van der Waals surface area contributed by atoms with Crippen LogP contribution in [-0.4, -0.2) is 54.6 Å². The molecule has 0 spiro atoms. The van der Waals surface area contributed by atoms with Gasteiger partial charge in [0.2, 0.25) is 5.91 Å². The van der Waals surface area contributed by atoms with Crippen LogP contribution >= 0.6 is 0 Å². The van der Waals surface area contributed by atoms with Gasteiger partial charge in [-0.3, -0.25) is 9.69 Å². The van der Waals surface area contributed by atoms with Crippen molar-refractivity contribution in [2.75, 3.05) is 32.7 Å². The van der Waals surface area contributed by atoms with E-state index in [2.05, 4.69) is 6.08 Å². The maximum atomic E-state index is 12.3. The largest absolute Gasteiger partial charge is 0.401 e. The molecule has 0 aromatic carbocycles. The van der Waals surface area contributed by atoms with Crippen LogP contribution in [-0.2, 0) is 4.79 Å². The fourth-order valence-electron chi connectivity index (χ4n) is 2.66. The predicted octanol–water partition coefficient (Wildman–Crippen LogP) is 2.05. The van der Waals surface area contributed by atoms with Crippen molar-refractivity contribution in [3.05, 3.63) is 12.2 Å². The standard InChI is InChI=1S/C13H19F3N2O/c14-13(15,16)10-17-6-8-18(9-7-17)12(19)11-4-2-1-3-5-11/h1-2,11H,3-10H2/t11-/m1/s1. The van der Waals surface area contributed by atoms with Crippen LogP contribution in [0.5, 0.6) is 0 Å². The van der Waals surface area contributed by atoms with E-state index < -0.39 is 12.7 Å². The highest BCUT2D eigenvalue weighted by atomic mass is 19.4. The van der Waals surface area contributed by atoms with Gasteiger partial charge in [0.05, 0.1) is 6.54 Å². The van der Waals surface area contributed by atoms with Gasteiger partial charge in [0.1, 0.15) is 0 Å². The average molecular weight is 276 g/mol. The minimum Gasteiger partial charge on any atom is -0.340 e. The Kier molecular flexibility index (Phi) is 4.50. The number of carbonyl (C=O) groups excluding carboxylic acids is 1. The monoisotopic (exact) mass is 276 g/mol. The third-order valence-corrected chi connectivity index (χ3v) is 3.71. The highest BCUT2D eigenvalue weighted by Crippen LogP contribution is 2.22. The Bertz CT molecular complexity index is 346. The molecule has 1 atom stereocenters. The molecule has 1 amide bonds. The van der Waals surface area contributed by atoms with Crippen LogP contribution in [0.3, 0.4) is 0 Å². The van der Waals surface area contributed by atoms with Gasteiger partial charge in [-0.05, 0) is 19.3 Å². The van der Waals surface area contributed by atoms with Gasteiger partial charge in [-0.2, -0.15) is 13.2 Å². The van der Waals surface area contributed by atoms with Crippen molar-refractivity contribution in [1.82, 2.24) is 9.80 Å². The van der Waals surface area contributed by atoms with Gasteiger partial charge in [-0.25, -0.2) is 0 Å². The smallest absolute Gasteiger partial charge is 0.340 e. The summed E-state index contributed by atoms with van der Waals surface area (Å²) in [5.41, 5.74) is 0. The number of carbonyl (C=O) groups is 1. The number of nitrogens with zero attached hydrogens (tertiary/aromatic N) is 2. The van der Waals surface area contributed by atoms with Crippen molar-refractivity contribution in [3.63, 3.8) is 0 Å². The Morgan fingerprint density at radius 2 is 1.84 bits per heavy atom. The lowest BCUT2D eigenvalue weighted by atomic mass is 9.93. The number of rotatable bonds is 2. The first kappa shape index (κ1) is 14.4. The van der Waals surface area contributed by atoms with Crippen LogP contribution in [0.1, 0.15) is 19.3 Å². The highest BCUT2D eigenvalue weighted by Gasteiger charge is 2.33. The molecule has 0 aromatic rings. The Morgan fingerprint density at radius 3 is 2.37 bits per heavy atom. The van der Waals surface area contributed by atoms with E-state index in [0.717, 1.165) is 19.3 Å². The lowest BCUT2D eigenvalue weighted by Crippen LogP contribution is -2.52. The van der Waals surface area contributed by atoms with Crippen LogP contribution in [0, 0.1) is 5.92 Å². The molecule has 1 aliphatic heterocycles. The molecule has 108 valence electrons. The molecule has 1 heterocycles. The molecule has 1 aliphatic carbocycles. The molecule has 1 fully saturated rings. The van der Waals surface area contributed by atoms with Gasteiger partial charge in [0.15, 0.2) is 0 Å². The number of piperazine rings is 1. The first-order valence-corrected chi connectivity index (χ1v) is 6.68. The van der Waals surface area contributed by atoms with Crippen molar-refractivity contribution in [3.8, 4) is 0 Å². The van der Waals surface area contributed by atoms with Gasteiger partial charge >= 0.3 is 6.18 Å². The topological polar surface area (TPSA) is 23.6 Å². The van der Waals surface area contributed by atoms with Crippen molar-refractivity contribution in [2.45, 2.75) is 25.4 Å². The molecule has 0 aromatic heterocycles. The summed E-state index contributed by atoms with van der Waals surface area (Å²) in [7, 11) is 0. The summed E-state index contributed by atoms with van der Waals surface area (Å²) in [5, 5.41) is 0. The molecule has 0 saturated carbocycles. The molecule has 2 aliphatic rings. The van der Waals surface area contributed by atoms with Crippen LogP contribution in [0.4, 0.5) is 13.2 Å². The van der Waals surface area contributed by atoms with E-state index in [1.165, 1.54) is 4.90 Å². The maximum Gasteiger partial charge on any atom is 0.401 e. The molecule has 2 rings (SSSR count). The minimum atomic E-state index is -4.15. The van der Waals surface area contributed by atoms with E-state index in [9.17, 15) is 18.0 Å². The number of allylic oxidation sites excluding steroid dienone is 2. The van der Waals surface area contributed by atoms with Gasteiger partial charge in [0.25, 0.3) is 0 Å². The summed E-state index contributed by atoms with van der Waals surface area (Å²) in [6.07, 6.45) is 2.49. The summed E-state index contributed by atoms with van der Waals surface area (Å²) in [6, 6.07) is 0. The lowest BCUT2D eigenvalue weighted by Gasteiger charge is -2.36. The molecular formula is C13H19F3N2O. The van der Waals surface area contributed by atoms with Crippen LogP contribution in [0.2, 0.25) is 0 Å². The van der Waals surface area contributed by atoms with Gasteiger partial charge in [0, 0.05) is 32.1 Å². The predicted molar refractivity (Wildman–Crippen MR) is 65.6 cm³/mol. The number of halogens is 3. The molecule has 0 N–H and O–H groups in total. The average Bonchev–Trinajstić information content (AvgIpc) is 2.38. The number of alkyl halides is 3. The van der Waals surface area contributed by atoms with E-state index in [4.69, 9.17) is 0 Å². The number of hydrogen-bond donors (Lipinski definition) is 0. The van der Waals surface area contributed by atoms with E-state index in [1.807, 2.05) is 6.08 Å². The second-order valence-corrected chi connectivity index (χ2v) is 5.20. The highest BCUT2D eigenvalue weighted by molar-refractivity contribution is 5.79. The molecule has 6 heteroatoms. The van der Waals surface area contributed by atoms with E-state index in [0.29, 0.717) is 26.2 Å². The summed E-state index contributed by atoms with van der Waals surface area (Å²) in [5.74, 6) is 0.134. The molecular weight excluding hydrogens is 257 g/mol. The zero-order valence-electron chi connectivity index (χ0n) is 10.8. The number of hydrogen-bond acceptors (Lipinski definition) is 2. The van der Waals surface area contributed by atoms with E-state index in [1.54, 1.807) is 4.90 Å². The van der Waals surface area contributed by atoms with Crippen molar-refractivity contribution in [2.24, 2.45) is 5.92 Å². The third-order valence-electron chi connectivity index (χ3n) is 3.71. The second kappa shape index (κ2) is 5.94. The first-order chi connectivity index (χ1) is 8.96. The fourth-order valence-corrected chi connectivity index (χ4v) is 2.66. The van der Waals surface area contributed by atoms with Crippen LogP contribution in [0.15, 0.2) is 12.2 Å². The van der Waals surface area contributed by atoms with Crippen molar-refractivity contribution in [1.29, 1.82) is 0 Å². The quantitative estimate of drug-likeness (QED) is 0.721. The maximum absolute atomic E-state index is 12.3. The van der Waals surface area contributed by atoms with E-state index >= 15 is 0 Å². The van der Waals surface area contributed by atoms with Crippen LogP contribution in [0.25, 0.3) is 0 Å². The molecule has 0 bridgehead atoms. The third kappa shape index (κ3) is 4.23. The van der Waals surface area contributed by atoms with Crippen molar-refractivity contribution < 1.29 is 18.0 Å². The van der Waals surface area contributed by atoms with Gasteiger partial charge < -0.3 is 4.90 Å². The summed E-state index contributed by atoms with van der Waals surface area (Å²) in [6.45, 7) is 0.576. The van der Waals surface area contributed by atoms with Gasteiger partial charge in [-0.1, -0.05) is 12.2 Å². The Morgan fingerprint density at radius 1 is 1.16 bits per heavy atom. The Balaban J connectivity index is 1.79. The summed E-state index contributed by atoms with van der Waals surface area (Å²) in [4.78, 5) is 15.3.